The Morgan fingerprint density at radius 1 is 1.05 bits per heavy atom. The van der Waals surface area contributed by atoms with Gasteiger partial charge < -0.3 is 15.5 Å². The molecule has 1 aliphatic carbocycles. The number of carbonyl (C=O) groups is 2. The molecular formula is C33H35FN6O2. The van der Waals surface area contributed by atoms with Crippen molar-refractivity contribution in [3.63, 3.8) is 0 Å². The van der Waals surface area contributed by atoms with Gasteiger partial charge in [-0.1, -0.05) is 24.3 Å². The van der Waals surface area contributed by atoms with Gasteiger partial charge in [-0.3, -0.25) is 9.59 Å². The highest BCUT2D eigenvalue weighted by atomic mass is 19.1. The first-order chi connectivity index (χ1) is 20.4. The zero-order valence-electron chi connectivity index (χ0n) is 23.8. The van der Waals surface area contributed by atoms with Gasteiger partial charge in [-0.15, -0.1) is 0 Å². The number of nitrogens with zero attached hydrogens (tertiary/aromatic N) is 5. The molecule has 1 unspecified atom stereocenters. The van der Waals surface area contributed by atoms with E-state index in [1.165, 1.54) is 11.1 Å². The van der Waals surface area contributed by atoms with Crippen LogP contribution in [0.25, 0.3) is 16.9 Å². The molecule has 2 N–H and O–H groups in total. The molecular weight excluding hydrogens is 531 g/mol. The van der Waals surface area contributed by atoms with E-state index in [4.69, 9.17) is 15.8 Å². The lowest BCUT2D eigenvalue weighted by molar-refractivity contribution is -0.118. The van der Waals surface area contributed by atoms with Crippen LogP contribution in [-0.4, -0.2) is 50.9 Å². The summed E-state index contributed by atoms with van der Waals surface area (Å²) in [7, 11) is 0. The van der Waals surface area contributed by atoms with E-state index in [2.05, 4.69) is 24.0 Å². The summed E-state index contributed by atoms with van der Waals surface area (Å²) >= 11 is 0. The van der Waals surface area contributed by atoms with Gasteiger partial charge in [0.25, 0.3) is 5.91 Å². The van der Waals surface area contributed by atoms with E-state index < -0.39 is 0 Å². The zero-order valence-corrected chi connectivity index (χ0v) is 23.8. The van der Waals surface area contributed by atoms with Gasteiger partial charge in [0.1, 0.15) is 11.5 Å². The molecule has 9 heteroatoms. The largest absolute Gasteiger partial charge is 0.371 e. The normalized spacial score (nSPS) is 20.5. The predicted molar refractivity (Wildman–Crippen MR) is 159 cm³/mol. The molecule has 216 valence electrons. The minimum Gasteiger partial charge on any atom is -0.371 e. The van der Waals surface area contributed by atoms with Crippen molar-refractivity contribution >= 4 is 23.1 Å². The molecule has 2 aromatic heterocycles. The van der Waals surface area contributed by atoms with Crippen LogP contribution in [0.2, 0.25) is 0 Å². The van der Waals surface area contributed by atoms with Crippen molar-refractivity contribution in [3.8, 4) is 11.3 Å². The Morgan fingerprint density at radius 2 is 1.88 bits per heavy atom. The molecule has 2 aromatic carbocycles. The summed E-state index contributed by atoms with van der Waals surface area (Å²) in [4.78, 5) is 34.0. The van der Waals surface area contributed by atoms with Gasteiger partial charge in [0.15, 0.2) is 5.65 Å². The van der Waals surface area contributed by atoms with E-state index in [9.17, 15) is 9.59 Å². The third kappa shape index (κ3) is 4.91. The smallest absolute Gasteiger partial charge is 0.273 e. The van der Waals surface area contributed by atoms with E-state index in [-0.39, 0.29) is 29.6 Å². The Hall–Kier alpha value is -4.27. The minimum atomic E-state index is -0.363. The van der Waals surface area contributed by atoms with Crippen molar-refractivity contribution in [1.29, 1.82) is 0 Å². The molecule has 4 aromatic rings. The number of hydrogen-bond donors (Lipinski definition) is 1. The van der Waals surface area contributed by atoms with E-state index in [0.717, 1.165) is 50.0 Å². The van der Waals surface area contributed by atoms with Crippen molar-refractivity contribution in [3.05, 3.63) is 82.9 Å². The molecule has 2 fully saturated rings. The second-order valence-electron chi connectivity index (χ2n) is 12.1. The van der Waals surface area contributed by atoms with Crippen molar-refractivity contribution in [2.24, 2.45) is 11.7 Å². The zero-order chi connectivity index (χ0) is 29.0. The number of amides is 2. The molecule has 42 heavy (non-hydrogen) atoms. The maximum atomic E-state index is 15.6. The Kier molecular flexibility index (Phi) is 6.67. The molecule has 3 aliphatic rings. The number of primary amides is 1. The number of rotatable bonds is 6. The molecule has 0 radical (unpaired) electrons. The second-order valence-corrected chi connectivity index (χ2v) is 12.1. The van der Waals surface area contributed by atoms with E-state index >= 15 is 4.39 Å². The first-order valence-corrected chi connectivity index (χ1v) is 15.0. The van der Waals surface area contributed by atoms with Gasteiger partial charge in [0, 0.05) is 55.0 Å². The van der Waals surface area contributed by atoms with Crippen LogP contribution in [0.15, 0.2) is 54.6 Å². The molecule has 2 aliphatic heterocycles. The van der Waals surface area contributed by atoms with E-state index in [1.807, 2.05) is 29.2 Å². The monoisotopic (exact) mass is 566 g/mol. The number of fused-ring (bicyclic) bond motifs is 2. The van der Waals surface area contributed by atoms with Crippen LogP contribution in [0.4, 0.5) is 10.1 Å². The van der Waals surface area contributed by atoms with Gasteiger partial charge in [0.05, 0.1) is 11.7 Å². The Balaban J connectivity index is 1.18. The highest BCUT2D eigenvalue weighted by molar-refractivity contribution is 5.93. The number of halogens is 1. The maximum Gasteiger partial charge on any atom is 0.273 e. The number of benzene rings is 2. The van der Waals surface area contributed by atoms with Crippen LogP contribution < -0.4 is 10.6 Å². The quantitative estimate of drug-likeness (QED) is 0.343. The molecule has 2 atom stereocenters. The Bertz CT molecular complexity index is 1700. The standard InChI is InChI=1S/C33H35FN6O2/c1-20-25-7-3-2-6-22(25)12-14-39(20)33(42)29-17-30(23-8-9-23)40-32(36-29)18-28(37-40)26-11-10-24(16-27(26)34)38-13-4-5-21(19-38)15-31(35)41/h2-3,6-7,10-11,16-18,20-21,23H,4-5,8-9,12-15,19H2,1H3,(H2,35,41)/t20-,21?/m1/s1. The average molecular weight is 567 g/mol. The topological polar surface area (TPSA) is 96.8 Å². The van der Waals surface area contributed by atoms with Gasteiger partial charge in [-0.2, -0.15) is 5.10 Å². The lowest BCUT2D eigenvalue weighted by Crippen LogP contribution is -2.39. The second kappa shape index (κ2) is 10.5. The van der Waals surface area contributed by atoms with Gasteiger partial charge in [-0.25, -0.2) is 13.9 Å². The molecule has 7 rings (SSSR count). The molecule has 2 amide bonds. The van der Waals surface area contributed by atoms with Crippen LogP contribution in [0.3, 0.4) is 0 Å². The highest BCUT2D eigenvalue weighted by Gasteiger charge is 2.33. The summed E-state index contributed by atoms with van der Waals surface area (Å²) < 4.78 is 17.4. The number of nitrogens with two attached hydrogens (primary N) is 1. The summed E-state index contributed by atoms with van der Waals surface area (Å²) in [5, 5.41) is 4.77. The number of carbonyl (C=O) groups excluding carboxylic acids is 2. The summed E-state index contributed by atoms with van der Waals surface area (Å²) in [6.45, 7) is 4.21. The van der Waals surface area contributed by atoms with E-state index in [1.54, 1.807) is 22.7 Å². The first kappa shape index (κ1) is 26.6. The number of aromatic nitrogens is 3. The van der Waals surface area contributed by atoms with Crippen molar-refractivity contribution < 1.29 is 14.0 Å². The number of anilines is 1. The van der Waals surface area contributed by atoms with Crippen molar-refractivity contribution in [1.82, 2.24) is 19.5 Å². The molecule has 1 saturated heterocycles. The highest BCUT2D eigenvalue weighted by Crippen LogP contribution is 2.41. The van der Waals surface area contributed by atoms with Crippen molar-refractivity contribution in [2.45, 2.75) is 57.4 Å². The van der Waals surface area contributed by atoms with Crippen LogP contribution in [-0.2, 0) is 11.2 Å². The van der Waals surface area contributed by atoms with Gasteiger partial charge >= 0.3 is 0 Å². The van der Waals surface area contributed by atoms with E-state index in [0.29, 0.717) is 48.0 Å². The predicted octanol–water partition coefficient (Wildman–Crippen LogP) is 5.26. The summed E-state index contributed by atoms with van der Waals surface area (Å²) in [5.74, 6) is -0.248. The van der Waals surface area contributed by atoms with Gasteiger partial charge in [-0.05, 0) is 80.3 Å². The average Bonchev–Trinajstić information content (AvgIpc) is 3.74. The van der Waals surface area contributed by atoms with Crippen LogP contribution >= 0.6 is 0 Å². The van der Waals surface area contributed by atoms with Crippen LogP contribution in [0.1, 0.15) is 78.3 Å². The minimum absolute atomic E-state index is 0.0380. The maximum absolute atomic E-state index is 15.6. The molecule has 0 spiro atoms. The number of hydrogen-bond acceptors (Lipinski definition) is 5. The lowest BCUT2D eigenvalue weighted by atomic mass is 9.93. The summed E-state index contributed by atoms with van der Waals surface area (Å²) in [5.41, 5.74) is 11.5. The van der Waals surface area contributed by atoms with Crippen LogP contribution in [0, 0.1) is 11.7 Å². The number of piperidine rings is 1. The fourth-order valence-electron chi connectivity index (χ4n) is 6.76. The molecule has 0 bridgehead atoms. The summed E-state index contributed by atoms with van der Waals surface area (Å²) in [6.07, 6.45) is 5.12. The lowest BCUT2D eigenvalue weighted by Gasteiger charge is -2.35. The fraction of sp³-hybridized carbons (Fsp3) is 0.394. The molecule has 4 heterocycles. The third-order valence-corrected chi connectivity index (χ3v) is 9.13. The van der Waals surface area contributed by atoms with Crippen molar-refractivity contribution in [2.75, 3.05) is 24.5 Å². The Morgan fingerprint density at radius 3 is 2.67 bits per heavy atom. The Labute approximate surface area is 244 Å². The SMILES string of the molecule is C[C@@H]1c2ccccc2CCN1C(=O)c1cc(C2CC2)n2nc(-c3ccc(N4CCCC(CC(N)=O)C4)cc3F)cc2n1. The molecule has 8 nitrogen and oxygen atoms in total. The van der Waals surface area contributed by atoms with Crippen LogP contribution in [0.5, 0.6) is 0 Å². The first-order valence-electron chi connectivity index (χ1n) is 15.0. The third-order valence-electron chi connectivity index (χ3n) is 9.13. The molecule has 1 saturated carbocycles. The fourth-order valence-corrected chi connectivity index (χ4v) is 6.76. The summed E-state index contributed by atoms with van der Waals surface area (Å²) in [6, 6.07) is 17.1. The van der Waals surface area contributed by atoms with Gasteiger partial charge in [0.2, 0.25) is 5.91 Å².